The van der Waals surface area contributed by atoms with E-state index in [9.17, 15) is 0 Å². The number of fused-ring (bicyclic) bond motifs is 2. The predicted octanol–water partition coefficient (Wildman–Crippen LogP) is 4.51. The van der Waals surface area contributed by atoms with Gasteiger partial charge >= 0.3 is 0 Å². The van der Waals surface area contributed by atoms with E-state index in [2.05, 4.69) is 64.2 Å². The van der Waals surface area contributed by atoms with Crippen LogP contribution < -0.4 is 0 Å². The van der Waals surface area contributed by atoms with Crippen LogP contribution in [0.5, 0.6) is 0 Å². The molecule has 19 heavy (non-hydrogen) atoms. The lowest BCUT2D eigenvalue weighted by Gasteiger charge is -2.06. The molecule has 0 amide bonds. The normalized spacial score (nSPS) is 11.2. The van der Waals surface area contributed by atoms with Crippen LogP contribution in [0.25, 0.3) is 32.8 Å². The fourth-order valence-electron chi connectivity index (χ4n) is 2.47. The summed E-state index contributed by atoms with van der Waals surface area (Å²) in [6.07, 6.45) is 0. The Morgan fingerprint density at radius 3 is 2.37 bits per heavy atom. The summed E-state index contributed by atoms with van der Waals surface area (Å²) in [5.41, 5.74) is 2.10. The summed E-state index contributed by atoms with van der Waals surface area (Å²) in [7, 11) is 0. The number of hydrogen-bond acceptors (Lipinski definition) is 3. The molecule has 4 rings (SSSR count). The van der Waals surface area contributed by atoms with Gasteiger partial charge in [0.1, 0.15) is 5.69 Å². The molecule has 0 atom stereocenters. The third-order valence-electron chi connectivity index (χ3n) is 3.38. The first-order valence-electron chi connectivity index (χ1n) is 6.11. The maximum atomic E-state index is 4.19. The van der Waals surface area contributed by atoms with Crippen LogP contribution in [0.3, 0.4) is 0 Å². The van der Waals surface area contributed by atoms with Gasteiger partial charge in [0.2, 0.25) is 0 Å². The first-order valence-corrected chi connectivity index (χ1v) is 6.94. The Morgan fingerprint density at radius 1 is 0.789 bits per heavy atom. The Balaban J connectivity index is 2.12. The van der Waals surface area contributed by atoms with E-state index in [1.54, 1.807) is 0 Å². The Kier molecular flexibility index (Phi) is 2.32. The lowest BCUT2D eigenvalue weighted by Crippen LogP contribution is -1.83. The van der Waals surface area contributed by atoms with Gasteiger partial charge in [0.25, 0.3) is 0 Å². The molecule has 0 N–H and O–H groups in total. The zero-order valence-corrected chi connectivity index (χ0v) is 10.9. The van der Waals surface area contributed by atoms with Gasteiger partial charge < -0.3 is 0 Å². The summed E-state index contributed by atoms with van der Waals surface area (Å²) in [4.78, 5) is 0. The fourth-order valence-corrected chi connectivity index (χ4v) is 2.93. The second-order valence-electron chi connectivity index (χ2n) is 4.52. The monoisotopic (exact) mass is 262 g/mol. The Hall–Kier alpha value is -2.26. The molecule has 0 bridgehead atoms. The molecule has 0 unspecified atom stereocenters. The summed E-state index contributed by atoms with van der Waals surface area (Å²) in [6.45, 7) is 0. The summed E-state index contributed by atoms with van der Waals surface area (Å²) >= 11 is 1.39. The van der Waals surface area contributed by atoms with Crippen molar-refractivity contribution in [2.24, 2.45) is 0 Å². The zero-order valence-electron chi connectivity index (χ0n) is 10.1. The van der Waals surface area contributed by atoms with Crippen LogP contribution in [0.15, 0.2) is 60.0 Å². The first kappa shape index (κ1) is 10.6. The van der Waals surface area contributed by atoms with Crippen LogP contribution in [0.2, 0.25) is 0 Å². The minimum absolute atomic E-state index is 0.950. The molecule has 0 saturated heterocycles. The summed E-state index contributed by atoms with van der Waals surface area (Å²) < 4.78 is 3.96. The molecule has 1 aromatic heterocycles. The molecule has 1 heterocycles. The molecule has 3 heteroatoms. The third kappa shape index (κ3) is 1.71. The van der Waals surface area contributed by atoms with Gasteiger partial charge in [-0.3, -0.25) is 0 Å². The second kappa shape index (κ2) is 4.14. The van der Waals surface area contributed by atoms with Crippen molar-refractivity contribution in [1.82, 2.24) is 9.59 Å². The van der Waals surface area contributed by atoms with E-state index in [0.717, 1.165) is 11.3 Å². The van der Waals surface area contributed by atoms with Crippen LogP contribution in [0, 0.1) is 0 Å². The summed E-state index contributed by atoms with van der Waals surface area (Å²) in [5.74, 6) is 0. The fraction of sp³-hybridized carbons (Fsp3) is 0. The maximum absolute atomic E-state index is 4.19. The van der Waals surface area contributed by atoms with Crippen LogP contribution >= 0.6 is 11.5 Å². The van der Waals surface area contributed by atoms with Gasteiger partial charge in [0.05, 0.1) is 0 Å². The number of rotatable bonds is 1. The quantitative estimate of drug-likeness (QED) is 0.472. The lowest BCUT2D eigenvalue weighted by molar-refractivity contribution is 1.16. The van der Waals surface area contributed by atoms with Crippen molar-refractivity contribution in [2.75, 3.05) is 0 Å². The maximum Gasteiger partial charge on any atom is 0.106 e. The van der Waals surface area contributed by atoms with Crippen LogP contribution in [0.4, 0.5) is 0 Å². The van der Waals surface area contributed by atoms with Crippen molar-refractivity contribution in [1.29, 1.82) is 0 Å². The summed E-state index contributed by atoms with van der Waals surface area (Å²) in [5, 5.41) is 11.2. The van der Waals surface area contributed by atoms with Crippen molar-refractivity contribution >= 4 is 33.1 Å². The molecule has 2 nitrogen and oxygen atoms in total. The Bertz CT molecular complexity index is 866. The minimum Gasteiger partial charge on any atom is -0.138 e. The van der Waals surface area contributed by atoms with Crippen molar-refractivity contribution in [3.05, 3.63) is 60.0 Å². The van der Waals surface area contributed by atoms with Crippen molar-refractivity contribution in [3.63, 3.8) is 0 Å². The first-order chi connectivity index (χ1) is 9.42. The molecule has 0 aliphatic rings. The molecule has 0 spiro atoms. The highest BCUT2D eigenvalue weighted by atomic mass is 32.1. The van der Waals surface area contributed by atoms with Crippen molar-refractivity contribution < 1.29 is 0 Å². The molecule has 0 aliphatic heterocycles. The smallest absolute Gasteiger partial charge is 0.106 e. The Labute approximate surface area is 114 Å². The number of hydrogen-bond donors (Lipinski definition) is 0. The van der Waals surface area contributed by atoms with Gasteiger partial charge in [0.15, 0.2) is 0 Å². The van der Waals surface area contributed by atoms with E-state index >= 15 is 0 Å². The van der Waals surface area contributed by atoms with E-state index in [1.165, 1.54) is 33.1 Å². The van der Waals surface area contributed by atoms with Gasteiger partial charge in [-0.1, -0.05) is 47.0 Å². The van der Waals surface area contributed by atoms with E-state index in [-0.39, 0.29) is 0 Å². The molecule has 3 aromatic carbocycles. The van der Waals surface area contributed by atoms with E-state index in [0.29, 0.717) is 0 Å². The Morgan fingerprint density at radius 2 is 1.58 bits per heavy atom. The predicted molar refractivity (Wildman–Crippen MR) is 80.4 cm³/mol. The van der Waals surface area contributed by atoms with Crippen LogP contribution in [-0.4, -0.2) is 9.59 Å². The van der Waals surface area contributed by atoms with Crippen LogP contribution in [-0.2, 0) is 0 Å². The average molecular weight is 262 g/mol. The lowest BCUT2D eigenvalue weighted by atomic mass is 9.99. The highest BCUT2D eigenvalue weighted by Gasteiger charge is 2.07. The van der Waals surface area contributed by atoms with Crippen molar-refractivity contribution in [2.45, 2.75) is 0 Å². The standard InChI is InChI=1S/C16H10N2S/c1-2-5-12-9-15-13(8-11(12)4-1)6-3-7-14(15)16-10-19-18-17-16/h1-10H. The van der Waals surface area contributed by atoms with E-state index in [1.807, 2.05) is 5.38 Å². The number of nitrogens with zero attached hydrogens (tertiary/aromatic N) is 2. The largest absolute Gasteiger partial charge is 0.138 e. The summed E-state index contributed by atoms with van der Waals surface area (Å²) in [6, 6.07) is 19.2. The zero-order chi connectivity index (χ0) is 12.7. The van der Waals surface area contributed by atoms with Crippen molar-refractivity contribution in [3.8, 4) is 11.3 Å². The molecule has 0 aliphatic carbocycles. The SMILES string of the molecule is c1ccc2cc3c(-c4csnn4)cccc3cc2c1. The van der Waals surface area contributed by atoms with Gasteiger partial charge in [-0.2, -0.15) is 0 Å². The average Bonchev–Trinajstić information content (AvgIpc) is 2.98. The molecule has 0 radical (unpaired) electrons. The minimum atomic E-state index is 0.950. The molecule has 4 aromatic rings. The third-order valence-corrected chi connectivity index (χ3v) is 3.89. The van der Waals surface area contributed by atoms with E-state index in [4.69, 9.17) is 0 Å². The molecule has 90 valence electrons. The molecular formula is C16H10N2S. The van der Waals surface area contributed by atoms with Crippen LogP contribution in [0.1, 0.15) is 0 Å². The molecular weight excluding hydrogens is 252 g/mol. The molecule has 0 saturated carbocycles. The van der Waals surface area contributed by atoms with Gasteiger partial charge in [-0.25, -0.2) is 0 Å². The van der Waals surface area contributed by atoms with Gasteiger partial charge in [-0.05, 0) is 45.2 Å². The number of aromatic nitrogens is 2. The highest BCUT2D eigenvalue weighted by molar-refractivity contribution is 7.03. The molecule has 0 fully saturated rings. The number of benzene rings is 3. The van der Waals surface area contributed by atoms with Gasteiger partial charge in [0, 0.05) is 10.9 Å². The highest BCUT2D eigenvalue weighted by Crippen LogP contribution is 2.31. The second-order valence-corrected chi connectivity index (χ2v) is 5.13. The topological polar surface area (TPSA) is 25.8 Å². The van der Waals surface area contributed by atoms with E-state index < -0.39 is 0 Å². The van der Waals surface area contributed by atoms with Gasteiger partial charge in [-0.15, -0.1) is 5.10 Å².